The molecule has 0 unspecified atom stereocenters. The van der Waals surface area contributed by atoms with Gasteiger partial charge in [0, 0.05) is 56.5 Å². The van der Waals surface area contributed by atoms with Gasteiger partial charge in [-0.1, -0.05) is 27.5 Å². The van der Waals surface area contributed by atoms with Gasteiger partial charge in [-0.2, -0.15) is 0 Å². The third kappa shape index (κ3) is 8.85. The second kappa shape index (κ2) is 14.0. The highest BCUT2D eigenvalue weighted by Crippen LogP contribution is 2.21. The Morgan fingerprint density at radius 1 is 1.33 bits per heavy atom. The highest BCUT2D eigenvalue weighted by molar-refractivity contribution is 14.0. The molecule has 0 saturated carbocycles. The summed E-state index contributed by atoms with van der Waals surface area (Å²) in [5.41, 5.74) is 1.20. The molecular formula is C19H30BrClIN3O2. The van der Waals surface area contributed by atoms with Crippen LogP contribution in [0.2, 0.25) is 5.02 Å². The maximum absolute atomic E-state index is 6.08. The molecule has 1 heterocycles. The molecule has 0 atom stereocenters. The van der Waals surface area contributed by atoms with E-state index in [1.807, 2.05) is 25.2 Å². The largest absolute Gasteiger partial charge is 0.385 e. The standard InChI is InChI=1S/C19H29BrClN3O2.HI/c1-22-19(23-9-6-15-14-16(21)4-5-18(15)20)24-10-7-17(8-11-24)26-13-3-12-25-2;/h4-5,14,17H,3,6-13H2,1-2H3,(H,22,23);1H. The van der Waals surface area contributed by atoms with Gasteiger partial charge in [-0.25, -0.2) is 0 Å². The summed E-state index contributed by atoms with van der Waals surface area (Å²) in [4.78, 5) is 6.74. The summed E-state index contributed by atoms with van der Waals surface area (Å²) in [6, 6.07) is 5.88. The smallest absolute Gasteiger partial charge is 0.193 e. The van der Waals surface area contributed by atoms with Gasteiger partial charge in [-0.3, -0.25) is 4.99 Å². The van der Waals surface area contributed by atoms with E-state index in [1.54, 1.807) is 7.11 Å². The molecule has 2 rings (SSSR count). The Morgan fingerprint density at radius 3 is 2.74 bits per heavy atom. The van der Waals surface area contributed by atoms with Gasteiger partial charge in [0.2, 0.25) is 0 Å². The molecule has 0 aromatic heterocycles. The number of hydrogen-bond acceptors (Lipinski definition) is 3. The maximum Gasteiger partial charge on any atom is 0.193 e. The zero-order valence-electron chi connectivity index (χ0n) is 16.0. The molecule has 1 aromatic carbocycles. The molecule has 1 saturated heterocycles. The van der Waals surface area contributed by atoms with Crippen molar-refractivity contribution in [1.82, 2.24) is 10.2 Å². The molecule has 5 nitrogen and oxygen atoms in total. The average Bonchev–Trinajstić information content (AvgIpc) is 2.66. The minimum atomic E-state index is 0. The van der Waals surface area contributed by atoms with E-state index in [0.29, 0.717) is 6.10 Å². The molecule has 0 spiro atoms. The van der Waals surface area contributed by atoms with Gasteiger partial charge < -0.3 is 19.7 Å². The number of benzene rings is 1. The second-order valence-electron chi connectivity index (χ2n) is 6.36. The normalized spacial score (nSPS) is 15.6. The molecule has 1 aliphatic rings. The van der Waals surface area contributed by atoms with Crippen molar-refractivity contribution < 1.29 is 9.47 Å². The third-order valence-electron chi connectivity index (χ3n) is 4.48. The molecule has 154 valence electrons. The Hall–Kier alpha value is -0.0900. The Labute approximate surface area is 193 Å². The van der Waals surface area contributed by atoms with Crippen LogP contribution in [0.1, 0.15) is 24.8 Å². The Morgan fingerprint density at radius 2 is 2.07 bits per heavy atom. The van der Waals surface area contributed by atoms with Crippen LogP contribution in [-0.2, 0) is 15.9 Å². The van der Waals surface area contributed by atoms with Crippen molar-refractivity contribution in [3.8, 4) is 0 Å². The van der Waals surface area contributed by atoms with E-state index in [-0.39, 0.29) is 24.0 Å². The lowest BCUT2D eigenvalue weighted by Gasteiger charge is -2.34. The van der Waals surface area contributed by atoms with E-state index in [1.165, 1.54) is 5.56 Å². The molecule has 1 N–H and O–H groups in total. The monoisotopic (exact) mass is 573 g/mol. The van der Waals surface area contributed by atoms with Crippen LogP contribution in [0.3, 0.4) is 0 Å². The maximum atomic E-state index is 6.08. The molecule has 1 aliphatic heterocycles. The van der Waals surface area contributed by atoms with Gasteiger partial charge >= 0.3 is 0 Å². The number of likely N-dealkylation sites (tertiary alicyclic amines) is 1. The predicted molar refractivity (Wildman–Crippen MR) is 127 cm³/mol. The van der Waals surface area contributed by atoms with Gasteiger partial charge in [-0.15, -0.1) is 24.0 Å². The van der Waals surface area contributed by atoms with Gasteiger partial charge in [0.05, 0.1) is 6.10 Å². The fourth-order valence-corrected chi connectivity index (χ4v) is 3.70. The number of nitrogens with one attached hydrogen (secondary N) is 1. The lowest BCUT2D eigenvalue weighted by atomic mass is 10.1. The summed E-state index contributed by atoms with van der Waals surface area (Å²) in [6.45, 7) is 4.29. The van der Waals surface area contributed by atoms with E-state index >= 15 is 0 Å². The molecule has 27 heavy (non-hydrogen) atoms. The molecule has 0 aliphatic carbocycles. The van der Waals surface area contributed by atoms with Crippen molar-refractivity contribution in [2.45, 2.75) is 31.8 Å². The number of piperidine rings is 1. The van der Waals surface area contributed by atoms with Crippen molar-refractivity contribution in [2.24, 2.45) is 4.99 Å². The number of methoxy groups -OCH3 is 1. The predicted octanol–water partition coefficient (Wildman–Crippen LogP) is 4.36. The van der Waals surface area contributed by atoms with Gasteiger partial charge in [0.15, 0.2) is 5.96 Å². The first kappa shape index (κ1) is 24.9. The third-order valence-corrected chi connectivity index (χ3v) is 5.49. The van der Waals surface area contributed by atoms with E-state index in [0.717, 1.165) is 74.0 Å². The number of halogens is 3. The van der Waals surface area contributed by atoms with Crippen molar-refractivity contribution in [2.75, 3.05) is 47.0 Å². The summed E-state index contributed by atoms with van der Waals surface area (Å²) in [7, 11) is 3.56. The molecule has 0 bridgehead atoms. The summed E-state index contributed by atoms with van der Waals surface area (Å²) in [6.07, 6.45) is 4.27. The van der Waals surface area contributed by atoms with E-state index < -0.39 is 0 Å². The quantitative estimate of drug-likeness (QED) is 0.217. The van der Waals surface area contributed by atoms with Crippen molar-refractivity contribution in [1.29, 1.82) is 0 Å². The Bertz CT molecular complexity index is 584. The van der Waals surface area contributed by atoms with E-state index in [2.05, 4.69) is 31.1 Å². The van der Waals surface area contributed by atoms with E-state index in [9.17, 15) is 0 Å². The van der Waals surface area contributed by atoms with Crippen LogP contribution in [0.15, 0.2) is 27.7 Å². The first-order valence-corrected chi connectivity index (χ1v) is 10.3. The molecule has 0 amide bonds. The number of guanidine groups is 1. The molecule has 1 aromatic rings. The summed E-state index contributed by atoms with van der Waals surface area (Å²) in [5.74, 6) is 0.959. The Kier molecular flexibility index (Phi) is 12.9. The van der Waals surface area contributed by atoms with Gasteiger partial charge in [-0.05, 0) is 49.4 Å². The number of ether oxygens (including phenoxy) is 2. The number of nitrogens with zero attached hydrogens (tertiary/aromatic N) is 2. The average molecular weight is 575 g/mol. The van der Waals surface area contributed by atoms with Crippen molar-refractivity contribution in [3.05, 3.63) is 33.3 Å². The zero-order chi connectivity index (χ0) is 18.8. The minimum Gasteiger partial charge on any atom is -0.385 e. The molecular weight excluding hydrogens is 544 g/mol. The number of hydrogen-bond donors (Lipinski definition) is 1. The summed E-state index contributed by atoms with van der Waals surface area (Å²) in [5, 5.41) is 4.23. The fourth-order valence-electron chi connectivity index (χ4n) is 3.06. The van der Waals surface area contributed by atoms with Crippen molar-refractivity contribution >= 4 is 57.5 Å². The molecule has 8 heteroatoms. The summed E-state index contributed by atoms with van der Waals surface area (Å²) < 4.78 is 12.1. The van der Waals surface area contributed by atoms with Crippen LogP contribution >= 0.6 is 51.5 Å². The lowest BCUT2D eigenvalue weighted by molar-refractivity contribution is 0.00992. The second-order valence-corrected chi connectivity index (χ2v) is 7.65. The molecule has 0 radical (unpaired) electrons. The van der Waals surface area contributed by atoms with Crippen LogP contribution in [0, 0.1) is 0 Å². The first-order valence-electron chi connectivity index (χ1n) is 9.14. The molecule has 1 fully saturated rings. The summed E-state index contributed by atoms with van der Waals surface area (Å²) >= 11 is 9.66. The number of aliphatic imine (C=N–C) groups is 1. The van der Waals surface area contributed by atoms with Gasteiger partial charge in [0.1, 0.15) is 0 Å². The minimum absolute atomic E-state index is 0. The fraction of sp³-hybridized carbons (Fsp3) is 0.632. The van der Waals surface area contributed by atoms with Crippen LogP contribution < -0.4 is 5.32 Å². The van der Waals surface area contributed by atoms with Crippen molar-refractivity contribution in [3.63, 3.8) is 0 Å². The van der Waals surface area contributed by atoms with Crippen LogP contribution in [0.5, 0.6) is 0 Å². The highest BCUT2D eigenvalue weighted by Gasteiger charge is 2.21. The Balaban J connectivity index is 0.00000364. The topological polar surface area (TPSA) is 46.1 Å². The van der Waals surface area contributed by atoms with Gasteiger partial charge in [0.25, 0.3) is 0 Å². The van der Waals surface area contributed by atoms with Crippen LogP contribution in [0.25, 0.3) is 0 Å². The SMILES string of the molecule is CN=C(NCCc1cc(Cl)ccc1Br)N1CCC(OCCCOC)CC1.I. The lowest BCUT2D eigenvalue weighted by Crippen LogP contribution is -2.47. The first-order chi connectivity index (χ1) is 12.6. The highest BCUT2D eigenvalue weighted by atomic mass is 127. The van der Waals surface area contributed by atoms with Crippen LogP contribution in [0.4, 0.5) is 0 Å². The zero-order valence-corrected chi connectivity index (χ0v) is 20.7. The van der Waals surface area contributed by atoms with Crippen LogP contribution in [-0.4, -0.2) is 64.0 Å². The van der Waals surface area contributed by atoms with E-state index in [4.69, 9.17) is 21.1 Å². The number of rotatable bonds is 8.